The summed E-state index contributed by atoms with van der Waals surface area (Å²) < 4.78 is 0. The standard InChI is InChI=1S/C16H25NS/c1-3-10-17-16(15-9-11-18-12-15)14-7-5-13(4-2)6-8-14/h5-8,15-17H,3-4,9-12H2,1-2H3. The molecule has 1 nitrogen and oxygen atoms in total. The maximum Gasteiger partial charge on any atom is 0.0356 e. The van der Waals surface area contributed by atoms with E-state index in [0.717, 1.165) is 18.9 Å². The summed E-state index contributed by atoms with van der Waals surface area (Å²) in [5.74, 6) is 3.47. The average molecular weight is 263 g/mol. The van der Waals surface area contributed by atoms with Crippen molar-refractivity contribution in [3.8, 4) is 0 Å². The number of thioether (sulfide) groups is 1. The van der Waals surface area contributed by atoms with Crippen molar-refractivity contribution < 1.29 is 0 Å². The highest BCUT2D eigenvalue weighted by molar-refractivity contribution is 7.99. The zero-order chi connectivity index (χ0) is 12.8. The molecule has 0 spiro atoms. The van der Waals surface area contributed by atoms with Gasteiger partial charge in [0.2, 0.25) is 0 Å². The lowest BCUT2D eigenvalue weighted by Crippen LogP contribution is -2.29. The highest BCUT2D eigenvalue weighted by Crippen LogP contribution is 2.34. The minimum Gasteiger partial charge on any atom is -0.310 e. The Bertz CT molecular complexity index is 341. The Morgan fingerprint density at radius 3 is 2.61 bits per heavy atom. The third kappa shape index (κ3) is 3.52. The van der Waals surface area contributed by atoms with Gasteiger partial charge in [0.1, 0.15) is 0 Å². The Balaban J connectivity index is 2.10. The van der Waals surface area contributed by atoms with E-state index in [9.17, 15) is 0 Å². The topological polar surface area (TPSA) is 12.0 Å². The lowest BCUT2D eigenvalue weighted by Gasteiger charge is -2.25. The van der Waals surface area contributed by atoms with Crippen molar-refractivity contribution in [1.82, 2.24) is 5.32 Å². The molecule has 1 fully saturated rings. The summed E-state index contributed by atoms with van der Waals surface area (Å²) in [6, 6.07) is 9.80. The molecule has 0 amide bonds. The molecule has 0 aromatic heterocycles. The highest BCUT2D eigenvalue weighted by Gasteiger charge is 2.26. The lowest BCUT2D eigenvalue weighted by molar-refractivity contribution is 0.393. The van der Waals surface area contributed by atoms with Crippen LogP contribution in [0, 0.1) is 5.92 Å². The van der Waals surface area contributed by atoms with Gasteiger partial charge in [0, 0.05) is 6.04 Å². The monoisotopic (exact) mass is 263 g/mol. The van der Waals surface area contributed by atoms with Crippen molar-refractivity contribution in [1.29, 1.82) is 0 Å². The second kappa shape index (κ2) is 7.20. The fraction of sp³-hybridized carbons (Fsp3) is 0.625. The molecular weight excluding hydrogens is 238 g/mol. The number of rotatable bonds is 6. The van der Waals surface area contributed by atoms with E-state index < -0.39 is 0 Å². The van der Waals surface area contributed by atoms with Crippen LogP contribution < -0.4 is 5.32 Å². The molecule has 0 bridgehead atoms. The van der Waals surface area contributed by atoms with E-state index in [1.165, 1.54) is 35.5 Å². The van der Waals surface area contributed by atoms with Gasteiger partial charge in [-0.2, -0.15) is 11.8 Å². The zero-order valence-corrected chi connectivity index (χ0v) is 12.4. The molecule has 1 heterocycles. The van der Waals surface area contributed by atoms with Crippen molar-refractivity contribution in [2.75, 3.05) is 18.1 Å². The predicted octanol–water partition coefficient (Wildman–Crippen LogP) is 4.04. The summed E-state index contributed by atoms with van der Waals surface area (Å²) in [5.41, 5.74) is 2.92. The molecule has 1 N–H and O–H groups in total. The summed E-state index contributed by atoms with van der Waals surface area (Å²) in [7, 11) is 0. The second-order valence-electron chi connectivity index (χ2n) is 5.15. The van der Waals surface area contributed by atoms with Crippen molar-refractivity contribution >= 4 is 11.8 Å². The largest absolute Gasteiger partial charge is 0.310 e. The molecule has 2 atom stereocenters. The first kappa shape index (κ1) is 14.0. The second-order valence-corrected chi connectivity index (χ2v) is 6.30. The van der Waals surface area contributed by atoms with Gasteiger partial charge in [-0.3, -0.25) is 0 Å². The molecule has 0 saturated carbocycles. The van der Waals surface area contributed by atoms with E-state index in [1.54, 1.807) is 0 Å². The van der Waals surface area contributed by atoms with Crippen molar-refractivity contribution in [2.24, 2.45) is 5.92 Å². The normalized spacial score (nSPS) is 21.1. The molecular formula is C16H25NS. The summed E-state index contributed by atoms with van der Waals surface area (Å²) in [6.45, 7) is 5.59. The van der Waals surface area contributed by atoms with Crippen LogP contribution in [-0.4, -0.2) is 18.1 Å². The highest BCUT2D eigenvalue weighted by atomic mass is 32.2. The van der Waals surface area contributed by atoms with Crippen LogP contribution in [0.25, 0.3) is 0 Å². The molecule has 1 aromatic carbocycles. The van der Waals surface area contributed by atoms with Crippen LogP contribution in [0.2, 0.25) is 0 Å². The first-order valence-electron chi connectivity index (χ1n) is 7.25. The minimum absolute atomic E-state index is 0.561. The van der Waals surface area contributed by atoms with Crippen LogP contribution in [0.15, 0.2) is 24.3 Å². The Hall–Kier alpha value is -0.470. The molecule has 0 radical (unpaired) electrons. The van der Waals surface area contributed by atoms with E-state index in [1.807, 2.05) is 0 Å². The van der Waals surface area contributed by atoms with Gasteiger partial charge in [-0.1, -0.05) is 38.1 Å². The Morgan fingerprint density at radius 2 is 2.06 bits per heavy atom. The number of benzene rings is 1. The molecule has 1 aliphatic rings. The lowest BCUT2D eigenvalue weighted by atomic mass is 9.91. The van der Waals surface area contributed by atoms with Gasteiger partial charge in [-0.25, -0.2) is 0 Å². The molecule has 1 saturated heterocycles. The van der Waals surface area contributed by atoms with E-state index in [-0.39, 0.29) is 0 Å². The number of nitrogens with one attached hydrogen (secondary N) is 1. The first-order valence-corrected chi connectivity index (χ1v) is 8.40. The summed E-state index contributed by atoms with van der Waals surface area (Å²) >= 11 is 2.11. The molecule has 2 unspecified atom stereocenters. The number of hydrogen-bond donors (Lipinski definition) is 1. The first-order chi connectivity index (χ1) is 8.85. The fourth-order valence-corrected chi connectivity index (χ4v) is 3.93. The van der Waals surface area contributed by atoms with Gasteiger partial charge < -0.3 is 5.32 Å². The maximum atomic E-state index is 3.75. The molecule has 0 aliphatic carbocycles. The fourth-order valence-electron chi connectivity index (χ4n) is 2.63. The molecule has 2 heteroatoms. The zero-order valence-electron chi connectivity index (χ0n) is 11.6. The predicted molar refractivity (Wildman–Crippen MR) is 82.3 cm³/mol. The SMILES string of the molecule is CCCNC(c1ccc(CC)cc1)C1CCSC1. The Morgan fingerprint density at radius 1 is 1.28 bits per heavy atom. The van der Waals surface area contributed by atoms with Gasteiger partial charge in [0.15, 0.2) is 0 Å². The van der Waals surface area contributed by atoms with Crippen LogP contribution in [-0.2, 0) is 6.42 Å². The molecule has 1 aromatic rings. The van der Waals surface area contributed by atoms with Crippen LogP contribution in [0.5, 0.6) is 0 Å². The third-order valence-corrected chi connectivity index (χ3v) is 4.99. The van der Waals surface area contributed by atoms with Gasteiger partial charge in [0.25, 0.3) is 0 Å². The molecule has 2 rings (SSSR count). The summed E-state index contributed by atoms with van der Waals surface area (Å²) in [4.78, 5) is 0. The molecule has 18 heavy (non-hydrogen) atoms. The average Bonchev–Trinajstić information content (AvgIpc) is 2.94. The van der Waals surface area contributed by atoms with Crippen molar-refractivity contribution in [3.63, 3.8) is 0 Å². The van der Waals surface area contributed by atoms with E-state index >= 15 is 0 Å². The molecule has 1 aliphatic heterocycles. The van der Waals surface area contributed by atoms with Crippen molar-refractivity contribution in [3.05, 3.63) is 35.4 Å². The van der Waals surface area contributed by atoms with Crippen LogP contribution >= 0.6 is 11.8 Å². The van der Waals surface area contributed by atoms with Gasteiger partial charge in [-0.05, 0) is 54.4 Å². The number of hydrogen-bond acceptors (Lipinski definition) is 2. The summed E-state index contributed by atoms with van der Waals surface area (Å²) in [6.07, 6.45) is 3.71. The Labute approximate surface area is 116 Å². The van der Waals surface area contributed by atoms with Gasteiger partial charge in [0.05, 0.1) is 0 Å². The van der Waals surface area contributed by atoms with E-state index in [0.29, 0.717) is 6.04 Å². The third-order valence-electron chi connectivity index (χ3n) is 3.80. The van der Waals surface area contributed by atoms with E-state index in [2.05, 4.69) is 55.2 Å². The molecule has 100 valence electrons. The van der Waals surface area contributed by atoms with Gasteiger partial charge in [-0.15, -0.1) is 0 Å². The smallest absolute Gasteiger partial charge is 0.0356 e. The van der Waals surface area contributed by atoms with Crippen LogP contribution in [0.4, 0.5) is 0 Å². The van der Waals surface area contributed by atoms with Crippen molar-refractivity contribution in [2.45, 2.75) is 39.2 Å². The quantitative estimate of drug-likeness (QED) is 0.831. The van der Waals surface area contributed by atoms with E-state index in [4.69, 9.17) is 0 Å². The number of aryl methyl sites for hydroxylation is 1. The summed E-state index contributed by atoms with van der Waals surface area (Å²) in [5, 5.41) is 3.75. The Kier molecular flexibility index (Phi) is 5.58. The van der Waals surface area contributed by atoms with Crippen LogP contribution in [0.3, 0.4) is 0 Å². The maximum absolute atomic E-state index is 3.75. The minimum atomic E-state index is 0.561. The van der Waals surface area contributed by atoms with Crippen LogP contribution in [0.1, 0.15) is 43.9 Å². The van der Waals surface area contributed by atoms with Gasteiger partial charge >= 0.3 is 0 Å².